The van der Waals surface area contributed by atoms with Gasteiger partial charge in [0.15, 0.2) is 0 Å². The summed E-state index contributed by atoms with van der Waals surface area (Å²) in [4.78, 5) is 0. The second-order valence-corrected chi connectivity index (χ2v) is 2.96. The zero-order valence-electron chi connectivity index (χ0n) is 6.38. The van der Waals surface area contributed by atoms with Crippen molar-refractivity contribution >= 4 is 0 Å². The molecule has 0 radical (unpaired) electrons. The van der Waals surface area contributed by atoms with E-state index >= 15 is 0 Å². The number of nitrogens with two attached hydrogens (primary N) is 1. The van der Waals surface area contributed by atoms with Gasteiger partial charge in [-0.15, -0.1) is 0 Å². The molecule has 0 heterocycles. The van der Waals surface area contributed by atoms with E-state index in [9.17, 15) is 0 Å². The molecule has 0 amide bonds. The highest BCUT2D eigenvalue weighted by Crippen LogP contribution is 2.29. The minimum absolute atomic E-state index is 0.381. The van der Waals surface area contributed by atoms with E-state index in [1.54, 1.807) is 0 Å². The molecule has 2 heteroatoms. The van der Waals surface area contributed by atoms with Gasteiger partial charge in [0.05, 0.1) is 0 Å². The molecule has 0 fully saturated rings. The van der Waals surface area contributed by atoms with E-state index in [0.29, 0.717) is 6.04 Å². The van der Waals surface area contributed by atoms with Gasteiger partial charge in [-0.2, -0.15) is 0 Å². The first-order chi connectivity index (χ1) is 5.42. The van der Waals surface area contributed by atoms with Crippen molar-refractivity contribution < 1.29 is 0 Å². The summed E-state index contributed by atoms with van der Waals surface area (Å²) in [5, 5.41) is 0. The van der Waals surface area contributed by atoms with E-state index in [1.807, 2.05) is 0 Å². The van der Waals surface area contributed by atoms with Crippen LogP contribution >= 0.6 is 0 Å². The number of hydrogen-bond acceptors (Lipinski definition) is 2. The summed E-state index contributed by atoms with van der Waals surface area (Å²) in [6.07, 6.45) is 2.29. The molecular weight excluding hydrogens is 136 g/mol. The molecule has 58 valence electrons. The summed E-state index contributed by atoms with van der Waals surface area (Å²) in [6.45, 7) is 0. The van der Waals surface area contributed by atoms with Gasteiger partial charge in [0.25, 0.3) is 0 Å². The summed E-state index contributed by atoms with van der Waals surface area (Å²) in [7, 11) is 0. The Labute approximate surface area is 66.4 Å². The molecule has 1 aromatic carbocycles. The minimum Gasteiger partial charge on any atom is -0.271 e. The lowest BCUT2D eigenvalue weighted by Crippen LogP contribution is -2.26. The van der Waals surface area contributed by atoms with Crippen LogP contribution in [0.3, 0.4) is 0 Å². The smallest absolute Gasteiger partial charge is 0.0465 e. The Balaban J connectivity index is 2.39. The predicted octanol–water partition coefficient (Wildman–Crippen LogP) is 1.14. The Morgan fingerprint density at radius 3 is 3.00 bits per heavy atom. The first kappa shape index (κ1) is 6.83. The average Bonchev–Trinajstić information content (AvgIpc) is 2.47. The van der Waals surface area contributed by atoms with Crippen molar-refractivity contribution in [3.63, 3.8) is 0 Å². The quantitative estimate of drug-likeness (QED) is 0.463. The van der Waals surface area contributed by atoms with Crippen LogP contribution in [0.5, 0.6) is 0 Å². The zero-order chi connectivity index (χ0) is 7.68. The van der Waals surface area contributed by atoms with Gasteiger partial charge >= 0.3 is 0 Å². The standard InChI is InChI=1S/C9H12N2/c10-11-9-6-5-7-3-1-2-4-8(7)9/h1-4,9,11H,5-6,10H2/t9-/m1/s1. The van der Waals surface area contributed by atoms with E-state index in [2.05, 4.69) is 29.7 Å². The maximum absolute atomic E-state index is 5.40. The molecule has 0 aliphatic heterocycles. The molecule has 11 heavy (non-hydrogen) atoms. The lowest BCUT2D eigenvalue weighted by atomic mass is 10.1. The van der Waals surface area contributed by atoms with Crippen molar-refractivity contribution in [1.82, 2.24) is 5.43 Å². The third-order valence-electron chi connectivity index (χ3n) is 2.33. The molecule has 0 bridgehead atoms. The molecule has 0 saturated heterocycles. The number of benzene rings is 1. The maximum atomic E-state index is 5.40. The number of hydrazine groups is 1. The van der Waals surface area contributed by atoms with Crippen molar-refractivity contribution in [2.45, 2.75) is 18.9 Å². The van der Waals surface area contributed by atoms with Gasteiger partial charge in [-0.05, 0) is 24.0 Å². The third kappa shape index (κ3) is 1.04. The van der Waals surface area contributed by atoms with Gasteiger partial charge < -0.3 is 0 Å². The summed E-state index contributed by atoms with van der Waals surface area (Å²) in [5.41, 5.74) is 5.63. The largest absolute Gasteiger partial charge is 0.271 e. The highest BCUT2D eigenvalue weighted by atomic mass is 15.2. The number of aryl methyl sites for hydroxylation is 1. The Kier molecular flexibility index (Phi) is 1.64. The minimum atomic E-state index is 0.381. The fraction of sp³-hybridized carbons (Fsp3) is 0.333. The molecule has 1 atom stereocenters. The van der Waals surface area contributed by atoms with Crippen molar-refractivity contribution in [1.29, 1.82) is 0 Å². The van der Waals surface area contributed by atoms with Crippen LogP contribution in [0.4, 0.5) is 0 Å². The predicted molar refractivity (Wildman–Crippen MR) is 44.8 cm³/mol. The molecule has 0 aromatic heterocycles. The van der Waals surface area contributed by atoms with Crippen LogP contribution in [0.1, 0.15) is 23.6 Å². The van der Waals surface area contributed by atoms with Crippen LogP contribution in [0.25, 0.3) is 0 Å². The van der Waals surface area contributed by atoms with Crippen LogP contribution in [-0.4, -0.2) is 0 Å². The Morgan fingerprint density at radius 1 is 1.36 bits per heavy atom. The zero-order valence-corrected chi connectivity index (χ0v) is 6.38. The van der Waals surface area contributed by atoms with E-state index in [4.69, 9.17) is 5.84 Å². The first-order valence-corrected chi connectivity index (χ1v) is 3.96. The van der Waals surface area contributed by atoms with Gasteiger partial charge in [-0.3, -0.25) is 11.3 Å². The second kappa shape index (κ2) is 2.64. The van der Waals surface area contributed by atoms with Gasteiger partial charge in [0.2, 0.25) is 0 Å². The fourth-order valence-electron chi connectivity index (χ4n) is 1.73. The summed E-state index contributed by atoms with van der Waals surface area (Å²) in [5.74, 6) is 5.40. The van der Waals surface area contributed by atoms with Crippen LogP contribution in [0.15, 0.2) is 24.3 Å². The lowest BCUT2D eigenvalue weighted by molar-refractivity contribution is 0.551. The van der Waals surface area contributed by atoms with Crippen molar-refractivity contribution in [3.05, 3.63) is 35.4 Å². The Bertz CT molecular complexity index is 257. The number of rotatable bonds is 1. The van der Waals surface area contributed by atoms with Gasteiger partial charge in [0.1, 0.15) is 0 Å². The number of hydrogen-bond donors (Lipinski definition) is 2. The SMILES string of the molecule is NN[C@@H]1CCc2ccccc21. The number of fused-ring (bicyclic) bond motifs is 1. The lowest BCUT2D eigenvalue weighted by Gasteiger charge is -2.08. The third-order valence-corrected chi connectivity index (χ3v) is 2.33. The van der Waals surface area contributed by atoms with Crippen LogP contribution in [-0.2, 0) is 6.42 Å². The molecule has 0 spiro atoms. The van der Waals surface area contributed by atoms with Gasteiger partial charge in [-0.25, -0.2) is 0 Å². The molecular formula is C9H12N2. The maximum Gasteiger partial charge on any atom is 0.0465 e. The fourth-order valence-corrected chi connectivity index (χ4v) is 1.73. The summed E-state index contributed by atoms with van der Waals surface area (Å²) < 4.78 is 0. The topological polar surface area (TPSA) is 38.0 Å². The van der Waals surface area contributed by atoms with Crippen LogP contribution < -0.4 is 11.3 Å². The highest BCUT2D eigenvalue weighted by Gasteiger charge is 2.19. The Hall–Kier alpha value is -0.860. The molecule has 2 rings (SSSR count). The van der Waals surface area contributed by atoms with Crippen molar-refractivity contribution in [2.24, 2.45) is 5.84 Å². The molecule has 1 aliphatic rings. The monoisotopic (exact) mass is 148 g/mol. The van der Waals surface area contributed by atoms with Crippen molar-refractivity contribution in [2.75, 3.05) is 0 Å². The van der Waals surface area contributed by atoms with E-state index < -0.39 is 0 Å². The average molecular weight is 148 g/mol. The molecule has 0 unspecified atom stereocenters. The molecule has 1 aliphatic carbocycles. The number of nitrogens with one attached hydrogen (secondary N) is 1. The van der Waals surface area contributed by atoms with E-state index in [0.717, 1.165) is 12.8 Å². The van der Waals surface area contributed by atoms with E-state index in [1.165, 1.54) is 11.1 Å². The highest BCUT2D eigenvalue weighted by molar-refractivity contribution is 5.33. The molecule has 2 nitrogen and oxygen atoms in total. The molecule has 3 N–H and O–H groups in total. The summed E-state index contributed by atoms with van der Waals surface area (Å²) in [6, 6.07) is 8.84. The van der Waals surface area contributed by atoms with Crippen molar-refractivity contribution in [3.8, 4) is 0 Å². The molecule has 0 saturated carbocycles. The van der Waals surface area contributed by atoms with Gasteiger partial charge in [0, 0.05) is 6.04 Å². The first-order valence-electron chi connectivity index (χ1n) is 3.96. The van der Waals surface area contributed by atoms with E-state index in [-0.39, 0.29) is 0 Å². The molecule has 1 aromatic rings. The summed E-state index contributed by atoms with van der Waals surface area (Å²) >= 11 is 0. The van der Waals surface area contributed by atoms with Gasteiger partial charge in [-0.1, -0.05) is 24.3 Å². The normalized spacial score (nSPS) is 21.7. The van der Waals surface area contributed by atoms with Crippen LogP contribution in [0.2, 0.25) is 0 Å². The Morgan fingerprint density at radius 2 is 2.18 bits per heavy atom. The van der Waals surface area contributed by atoms with Crippen LogP contribution in [0, 0.1) is 0 Å². The second-order valence-electron chi connectivity index (χ2n) is 2.96.